The van der Waals surface area contributed by atoms with Crippen molar-refractivity contribution in [3.8, 4) is 5.75 Å². The number of hydrogen-bond donors (Lipinski definition) is 2. The number of ketones is 2. The van der Waals surface area contributed by atoms with Crippen molar-refractivity contribution in [1.82, 2.24) is 0 Å². The largest absolute Gasteiger partial charge is 0.497 e. The first-order valence-electron chi connectivity index (χ1n) is 8.57. The van der Waals surface area contributed by atoms with Crippen molar-refractivity contribution in [2.75, 3.05) is 18.2 Å². The van der Waals surface area contributed by atoms with Crippen LogP contribution in [0.3, 0.4) is 0 Å². The number of ether oxygens (including phenoxy) is 1. The van der Waals surface area contributed by atoms with Crippen LogP contribution in [0.1, 0.15) is 42.2 Å². The highest BCUT2D eigenvalue weighted by atomic mass is 16.5. The van der Waals surface area contributed by atoms with Crippen molar-refractivity contribution in [2.24, 2.45) is 0 Å². The number of carbonyl (C=O) groups excluding carboxylic acids is 3. The van der Waals surface area contributed by atoms with Crippen molar-refractivity contribution < 1.29 is 19.1 Å². The van der Waals surface area contributed by atoms with Gasteiger partial charge in [-0.25, -0.2) is 0 Å². The molecule has 3 aromatic carbocycles. The molecule has 1 aliphatic rings. The van der Waals surface area contributed by atoms with Crippen LogP contribution in [-0.2, 0) is 0 Å². The first-order valence-corrected chi connectivity index (χ1v) is 8.57. The maximum absolute atomic E-state index is 13.1. The van der Waals surface area contributed by atoms with Crippen LogP contribution in [0.2, 0.25) is 0 Å². The molecule has 28 heavy (non-hydrogen) atoms. The van der Waals surface area contributed by atoms with Crippen LogP contribution >= 0.6 is 0 Å². The molecule has 0 bridgehead atoms. The Morgan fingerprint density at radius 2 is 1.46 bits per heavy atom. The Balaban J connectivity index is 1.77. The Morgan fingerprint density at radius 3 is 2.07 bits per heavy atom. The third-order valence-corrected chi connectivity index (χ3v) is 4.71. The van der Waals surface area contributed by atoms with E-state index in [0.717, 1.165) is 0 Å². The van der Waals surface area contributed by atoms with Crippen molar-refractivity contribution in [1.29, 1.82) is 0 Å². The van der Waals surface area contributed by atoms with E-state index in [2.05, 4.69) is 5.32 Å². The summed E-state index contributed by atoms with van der Waals surface area (Å²) in [5, 5.41) is 2.72. The highest BCUT2D eigenvalue weighted by Crippen LogP contribution is 2.35. The van der Waals surface area contributed by atoms with Crippen molar-refractivity contribution in [3.63, 3.8) is 0 Å². The minimum atomic E-state index is -0.409. The number of nitrogen functional groups attached to an aromatic ring is 1. The summed E-state index contributed by atoms with van der Waals surface area (Å²) in [5.41, 5.74) is 7.68. The van der Waals surface area contributed by atoms with E-state index < -0.39 is 5.91 Å². The fourth-order valence-corrected chi connectivity index (χ4v) is 3.29. The summed E-state index contributed by atoms with van der Waals surface area (Å²) in [6.07, 6.45) is 0. The standard InChI is InChI=1S/C22H16N2O4/c1-28-13-8-6-12(7-9-13)22(27)24-17-11-10-16(23)18-19(17)21(26)15-5-3-2-4-14(15)20(18)25/h2-11H,23H2,1H3,(H,24,27). The van der Waals surface area contributed by atoms with Crippen molar-refractivity contribution >= 4 is 28.8 Å². The molecule has 0 heterocycles. The fraction of sp³-hybridized carbons (Fsp3) is 0.0455. The van der Waals surface area contributed by atoms with Gasteiger partial charge in [-0.2, -0.15) is 0 Å². The highest BCUT2D eigenvalue weighted by Gasteiger charge is 2.33. The normalized spacial score (nSPS) is 12.2. The van der Waals surface area contributed by atoms with Crippen molar-refractivity contribution in [3.05, 3.63) is 88.5 Å². The Labute approximate surface area is 160 Å². The number of nitrogens with two attached hydrogens (primary N) is 1. The molecule has 1 aliphatic carbocycles. The molecule has 0 saturated heterocycles. The Kier molecular flexibility index (Phi) is 4.16. The molecule has 3 aromatic rings. The highest BCUT2D eigenvalue weighted by molar-refractivity contribution is 6.32. The van der Waals surface area contributed by atoms with Gasteiger partial charge in [-0.05, 0) is 36.4 Å². The van der Waals surface area contributed by atoms with Gasteiger partial charge in [0.05, 0.1) is 23.9 Å². The summed E-state index contributed by atoms with van der Waals surface area (Å²) < 4.78 is 5.09. The summed E-state index contributed by atoms with van der Waals surface area (Å²) in [5.74, 6) is -0.460. The van der Waals surface area contributed by atoms with E-state index in [-0.39, 0.29) is 34.1 Å². The molecule has 0 saturated carbocycles. The van der Waals surface area contributed by atoms with Crippen LogP contribution < -0.4 is 15.8 Å². The molecule has 0 fully saturated rings. The van der Waals surface area contributed by atoms with E-state index in [0.29, 0.717) is 22.4 Å². The molecule has 0 radical (unpaired) electrons. The Hall–Kier alpha value is -3.93. The van der Waals surface area contributed by atoms with Gasteiger partial charge in [0.15, 0.2) is 11.6 Å². The minimum Gasteiger partial charge on any atom is -0.497 e. The monoisotopic (exact) mass is 372 g/mol. The van der Waals surface area contributed by atoms with Gasteiger partial charge >= 0.3 is 0 Å². The maximum Gasteiger partial charge on any atom is 0.255 e. The molecule has 138 valence electrons. The number of hydrogen-bond acceptors (Lipinski definition) is 5. The van der Waals surface area contributed by atoms with Crippen LogP contribution in [0.15, 0.2) is 60.7 Å². The van der Waals surface area contributed by atoms with E-state index in [4.69, 9.17) is 10.5 Å². The molecule has 1 amide bonds. The molecule has 3 N–H and O–H groups in total. The first kappa shape index (κ1) is 17.5. The second-order valence-corrected chi connectivity index (χ2v) is 6.34. The quantitative estimate of drug-likeness (QED) is 0.538. The summed E-state index contributed by atoms with van der Waals surface area (Å²) in [7, 11) is 1.54. The second-order valence-electron chi connectivity index (χ2n) is 6.34. The van der Waals surface area contributed by atoms with E-state index >= 15 is 0 Å². The predicted octanol–water partition coefficient (Wildman–Crippen LogP) is 3.31. The number of amides is 1. The number of nitrogens with one attached hydrogen (secondary N) is 1. The molecule has 0 atom stereocenters. The van der Waals surface area contributed by atoms with Gasteiger partial charge in [0, 0.05) is 22.4 Å². The van der Waals surface area contributed by atoms with Gasteiger partial charge in [0.2, 0.25) is 0 Å². The topological polar surface area (TPSA) is 98.5 Å². The predicted molar refractivity (Wildman–Crippen MR) is 105 cm³/mol. The molecular weight excluding hydrogens is 356 g/mol. The smallest absolute Gasteiger partial charge is 0.255 e. The number of benzene rings is 3. The van der Waals surface area contributed by atoms with Crippen LogP contribution in [0.5, 0.6) is 5.75 Å². The Bertz CT molecular complexity index is 1130. The van der Waals surface area contributed by atoms with Crippen molar-refractivity contribution in [2.45, 2.75) is 0 Å². The maximum atomic E-state index is 13.1. The molecule has 0 unspecified atom stereocenters. The van der Waals surface area contributed by atoms with E-state index in [1.165, 1.54) is 19.2 Å². The van der Waals surface area contributed by atoms with Gasteiger partial charge in [0.1, 0.15) is 5.75 Å². The summed E-state index contributed by atoms with van der Waals surface area (Å²) in [6, 6.07) is 16.2. The molecule has 6 nitrogen and oxygen atoms in total. The van der Waals surface area contributed by atoms with Gasteiger partial charge < -0.3 is 15.8 Å². The Morgan fingerprint density at radius 1 is 0.857 bits per heavy atom. The molecule has 4 rings (SSSR count). The van der Waals surface area contributed by atoms with E-state index in [1.54, 1.807) is 48.5 Å². The second kappa shape index (κ2) is 6.66. The molecular formula is C22H16N2O4. The van der Waals surface area contributed by atoms with E-state index in [9.17, 15) is 14.4 Å². The number of carbonyl (C=O) groups is 3. The zero-order chi connectivity index (χ0) is 19.8. The molecule has 0 aliphatic heterocycles. The zero-order valence-electron chi connectivity index (χ0n) is 15.0. The number of rotatable bonds is 3. The lowest BCUT2D eigenvalue weighted by Gasteiger charge is -2.21. The lowest BCUT2D eigenvalue weighted by Crippen LogP contribution is -2.25. The van der Waals surface area contributed by atoms with Crippen LogP contribution in [0.4, 0.5) is 11.4 Å². The lowest BCUT2D eigenvalue weighted by molar-refractivity contribution is 0.0979. The summed E-state index contributed by atoms with van der Waals surface area (Å²) in [4.78, 5) is 38.6. The lowest BCUT2D eigenvalue weighted by atomic mass is 9.82. The van der Waals surface area contributed by atoms with Crippen LogP contribution in [0.25, 0.3) is 0 Å². The van der Waals surface area contributed by atoms with E-state index in [1.807, 2.05) is 0 Å². The number of fused-ring (bicyclic) bond motifs is 2. The van der Waals surface area contributed by atoms with Crippen LogP contribution in [0, 0.1) is 0 Å². The summed E-state index contributed by atoms with van der Waals surface area (Å²) in [6.45, 7) is 0. The average molecular weight is 372 g/mol. The van der Waals surface area contributed by atoms with Gasteiger partial charge in [-0.15, -0.1) is 0 Å². The van der Waals surface area contributed by atoms with Gasteiger partial charge in [-0.3, -0.25) is 14.4 Å². The average Bonchev–Trinajstić information content (AvgIpc) is 2.73. The molecule has 0 aromatic heterocycles. The van der Waals surface area contributed by atoms with Gasteiger partial charge in [0.25, 0.3) is 5.91 Å². The number of anilines is 2. The first-order chi connectivity index (χ1) is 13.5. The third kappa shape index (κ3) is 2.72. The summed E-state index contributed by atoms with van der Waals surface area (Å²) >= 11 is 0. The number of methoxy groups -OCH3 is 1. The zero-order valence-corrected chi connectivity index (χ0v) is 15.0. The van der Waals surface area contributed by atoms with Gasteiger partial charge in [-0.1, -0.05) is 24.3 Å². The fourth-order valence-electron chi connectivity index (χ4n) is 3.29. The third-order valence-electron chi connectivity index (χ3n) is 4.71. The molecule has 6 heteroatoms. The van der Waals surface area contributed by atoms with Crippen LogP contribution in [-0.4, -0.2) is 24.6 Å². The SMILES string of the molecule is COc1ccc(C(=O)Nc2ccc(N)c3c2C(=O)c2ccccc2C3=O)cc1. The minimum absolute atomic E-state index is 0.116. The molecule has 0 spiro atoms.